The fourth-order valence-corrected chi connectivity index (χ4v) is 2.41. The van der Waals surface area contributed by atoms with Crippen molar-refractivity contribution in [3.05, 3.63) is 47.9 Å². The van der Waals surface area contributed by atoms with Crippen molar-refractivity contribution in [3.63, 3.8) is 0 Å². The summed E-state index contributed by atoms with van der Waals surface area (Å²) in [6.45, 7) is 0.155. The van der Waals surface area contributed by atoms with Crippen molar-refractivity contribution in [3.8, 4) is 11.3 Å². The van der Waals surface area contributed by atoms with Gasteiger partial charge in [0.05, 0.1) is 16.8 Å². The fraction of sp³-hybridized carbons (Fsp3) is 0.188. The number of anilines is 1. The molecule has 0 aliphatic carbocycles. The Balaban J connectivity index is 2.18. The summed E-state index contributed by atoms with van der Waals surface area (Å²) in [7, 11) is 1.49. The molecular formula is C16H13F3N4O. The van der Waals surface area contributed by atoms with E-state index in [9.17, 15) is 13.2 Å². The van der Waals surface area contributed by atoms with Gasteiger partial charge in [0.1, 0.15) is 12.4 Å². The van der Waals surface area contributed by atoms with Crippen molar-refractivity contribution in [2.45, 2.75) is 12.8 Å². The molecular weight excluding hydrogens is 321 g/mol. The number of alkyl halides is 3. The molecule has 0 saturated heterocycles. The number of aromatic nitrogens is 3. The van der Waals surface area contributed by atoms with E-state index in [1.54, 1.807) is 6.07 Å². The normalized spacial score (nSPS) is 11.8. The van der Waals surface area contributed by atoms with Gasteiger partial charge in [-0.05, 0) is 24.3 Å². The van der Waals surface area contributed by atoms with Crippen molar-refractivity contribution >= 4 is 16.7 Å². The van der Waals surface area contributed by atoms with Crippen LogP contribution < -0.4 is 5.73 Å². The molecule has 124 valence electrons. The summed E-state index contributed by atoms with van der Waals surface area (Å²) in [6, 6.07) is 6.88. The minimum Gasteiger partial charge on any atom is -0.383 e. The zero-order valence-electron chi connectivity index (χ0n) is 12.6. The largest absolute Gasteiger partial charge is 0.418 e. The number of methoxy groups -OCH3 is 1. The molecule has 0 radical (unpaired) electrons. The molecule has 0 spiro atoms. The maximum Gasteiger partial charge on any atom is 0.418 e. The highest BCUT2D eigenvalue weighted by molar-refractivity contribution is 5.91. The standard InChI is InChI=1S/C16H13F3N4O/c1-24-8-13-22-12-7-9(4-5-10(12)15(20)23-13)14-11(16(17,18)19)3-2-6-21-14/h2-7H,8H2,1H3,(H2,20,22,23). The number of benzene rings is 1. The highest BCUT2D eigenvalue weighted by Gasteiger charge is 2.34. The van der Waals surface area contributed by atoms with Gasteiger partial charge in [-0.15, -0.1) is 0 Å². The van der Waals surface area contributed by atoms with E-state index in [0.717, 1.165) is 6.07 Å². The molecule has 2 heterocycles. The summed E-state index contributed by atoms with van der Waals surface area (Å²) in [5, 5.41) is 0.558. The summed E-state index contributed by atoms with van der Waals surface area (Å²) < 4.78 is 44.5. The monoisotopic (exact) mass is 334 g/mol. The summed E-state index contributed by atoms with van der Waals surface area (Å²) >= 11 is 0. The van der Waals surface area contributed by atoms with Gasteiger partial charge in [-0.2, -0.15) is 13.2 Å². The van der Waals surface area contributed by atoms with Crippen LogP contribution in [-0.4, -0.2) is 22.1 Å². The topological polar surface area (TPSA) is 73.9 Å². The van der Waals surface area contributed by atoms with E-state index < -0.39 is 11.7 Å². The van der Waals surface area contributed by atoms with Crippen LogP contribution in [0.2, 0.25) is 0 Å². The summed E-state index contributed by atoms with van der Waals surface area (Å²) in [4.78, 5) is 12.3. The van der Waals surface area contributed by atoms with Crippen LogP contribution in [0.3, 0.4) is 0 Å². The molecule has 24 heavy (non-hydrogen) atoms. The van der Waals surface area contributed by atoms with Gasteiger partial charge in [-0.3, -0.25) is 4.98 Å². The second kappa shape index (κ2) is 6.04. The van der Waals surface area contributed by atoms with Crippen molar-refractivity contribution in [2.75, 3.05) is 12.8 Å². The number of fused-ring (bicyclic) bond motifs is 1. The molecule has 0 atom stereocenters. The Hall–Kier alpha value is -2.74. The third-order valence-electron chi connectivity index (χ3n) is 3.43. The lowest BCUT2D eigenvalue weighted by Gasteiger charge is -2.12. The number of rotatable bonds is 3. The second-order valence-electron chi connectivity index (χ2n) is 5.09. The average Bonchev–Trinajstić information content (AvgIpc) is 2.54. The average molecular weight is 334 g/mol. The quantitative estimate of drug-likeness (QED) is 0.794. The molecule has 3 rings (SSSR count). The maximum atomic E-state index is 13.2. The molecule has 0 fully saturated rings. The Morgan fingerprint density at radius 2 is 1.96 bits per heavy atom. The van der Waals surface area contributed by atoms with Gasteiger partial charge < -0.3 is 10.5 Å². The number of nitrogens with two attached hydrogens (primary N) is 1. The van der Waals surface area contributed by atoms with Crippen molar-refractivity contribution in [2.24, 2.45) is 0 Å². The molecule has 5 nitrogen and oxygen atoms in total. The first-order valence-corrected chi connectivity index (χ1v) is 6.98. The Morgan fingerprint density at radius 3 is 2.67 bits per heavy atom. The molecule has 2 aromatic heterocycles. The number of hydrogen-bond acceptors (Lipinski definition) is 5. The smallest absolute Gasteiger partial charge is 0.383 e. The summed E-state index contributed by atoms with van der Waals surface area (Å²) in [6.07, 6.45) is -3.18. The van der Waals surface area contributed by atoms with Crippen LogP contribution in [-0.2, 0) is 17.5 Å². The van der Waals surface area contributed by atoms with Crippen LogP contribution in [0.5, 0.6) is 0 Å². The van der Waals surface area contributed by atoms with E-state index in [-0.39, 0.29) is 18.1 Å². The van der Waals surface area contributed by atoms with Crippen LogP contribution >= 0.6 is 0 Å². The third kappa shape index (κ3) is 3.00. The van der Waals surface area contributed by atoms with Gasteiger partial charge in [0.2, 0.25) is 0 Å². The van der Waals surface area contributed by atoms with Crippen molar-refractivity contribution in [1.82, 2.24) is 15.0 Å². The van der Waals surface area contributed by atoms with Crippen molar-refractivity contribution in [1.29, 1.82) is 0 Å². The van der Waals surface area contributed by atoms with E-state index >= 15 is 0 Å². The molecule has 0 unspecified atom stereocenters. The maximum absolute atomic E-state index is 13.2. The second-order valence-corrected chi connectivity index (χ2v) is 5.09. The molecule has 0 aliphatic rings. The number of nitrogens with zero attached hydrogens (tertiary/aromatic N) is 3. The molecule has 2 N–H and O–H groups in total. The lowest BCUT2D eigenvalue weighted by molar-refractivity contribution is -0.137. The van der Waals surface area contributed by atoms with Crippen LogP contribution in [0.25, 0.3) is 22.2 Å². The minimum absolute atomic E-state index is 0.155. The van der Waals surface area contributed by atoms with Gasteiger partial charge in [0.15, 0.2) is 5.82 Å². The van der Waals surface area contributed by atoms with E-state index in [0.29, 0.717) is 22.3 Å². The number of pyridine rings is 1. The highest BCUT2D eigenvalue weighted by Crippen LogP contribution is 2.36. The summed E-state index contributed by atoms with van der Waals surface area (Å²) in [5.74, 6) is 0.604. The SMILES string of the molecule is COCc1nc(N)c2ccc(-c3ncccc3C(F)(F)F)cc2n1. The fourth-order valence-electron chi connectivity index (χ4n) is 2.41. The van der Waals surface area contributed by atoms with Crippen molar-refractivity contribution < 1.29 is 17.9 Å². The Bertz CT molecular complexity index is 896. The predicted molar refractivity (Wildman–Crippen MR) is 82.9 cm³/mol. The van der Waals surface area contributed by atoms with Crippen LogP contribution in [0.15, 0.2) is 36.5 Å². The van der Waals surface area contributed by atoms with E-state index in [2.05, 4.69) is 15.0 Å². The first-order valence-electron chi connectivity index (χ1n) is 6.98. The molecule has 0 aliphatic heterocycles. The lowest BCUT2D eigenvalue weighted by Crippen LogP contribution is -2.08. The zero-order chi connectivity index (χ0) is 17.3. The van der Waals surface area contributed by atoms with E-state index in [4.69, 9.17) is 10.5 Å². The highest BCUT2D eigenvalue weighted by atomic mass is 19.4. The predicted octanol–water partition coefficient (Wildman–Crippen LogP) is 3.44. The van der Waals surface area contributed by atoms with Gasteiger partial charge in [-0.1, -0.05) is 6.07 Å². The van der Waals surface area contributed by atoms with Crippen LogP contribution in [0.1, 0.15) is 11.4 Å². The summed E-state index contributed by atoms with van der Waals surface area (Å²) in [5.41, 5.74) is 5.65. The molecule has 1 aromatic carbocycles. The van der Waals surface area contributed by atoms with Gasteiger partial charge in [0, 0.05) is 24.3 Å². The first-order chi connectivity index (χ1) is 11.4. The Kier molecular flexibility index (Phi) is 4.06. The molecule has 0 bridgehead atoms. The minimum atomic E-state index is -4.50. The van der Waals surface area contributed by atoms with E-state index in [1.165, 1.54) is 31.5 Å². The lowest BCUT2D eigenvalue weighted by atomic mass is 10.0. The van der Waals surface area contributed by atoms with Gasteiger partial charge in [-0.25, -0.2) is 9.97 Å². The Morgan fingerprint density at radius 1 is 1.17 bits per heavy atom. The van der Waals surface area contributed by atoms with Crippen LogP contribution in [0, 0.1) is 0 Å². The first kappa shape index (κ1) is 16.1. The van der Waals surface area contributed by atoms with E-state index in [1.807, 2.05) is 0 Å². The molecule has 0 saturated carbocycles. The number of hydrogen-bond donors (Lipinski definition) is 1. The zero-order valence-corrected chi connectivity index (χ0v) is 12.6. The molecule has 0 amide bonds. The van der Waals surface area contributed by atoms with Gasteiger partial charge >= 0.3 is 6.18 Å². The van der Waals surface area contributed by atoms with Crippen LogP contribution in [0.4, 0.5) is 19.0 Å². The third-order valence-corrected chi connectivity index (χ3v) is 3.43. The number of nitrogen functional groups attached to an aromatic ring is 1. The molecule has 8 heteroatoms. The van der Waals surface area contributed by atoms with Gasteiger partial charge in [0.25, 0.3) is 0 Å². The molecule has 3 aromatic rings. The number of ether oxygens (including phenoxy) is 1. The number of halogens is 3. The Labute approximate surface area is 135 Å².